The van der Waals surface area contributed by atoms with Gasteiger partial charge in [0.15, 0.2) is 5.03 Å². The minimum Gasteiger partial charge on any atom is -0.495 e. The zero-order valence-corrected chi connectivity index (χ0v) is 9.02. The summed E-state index contributed by atoms with van der Waals surface area (Å²) >= 11 is 0. The molecule has 0 saturated carbocycles. The van der Waals surface area contributed by atoms with Gasteiger partial charge in [-0.05, 0) is 6.07 Å². The SMILES string of the molecule is COc1cnc(S(=O)(=O)Cl)cc1C(F)F. The molecule has 0 N–H and O–H groups in total. The fourth-order valence-corrected chi connectivity index (χ4v) is 1.61. The van der Waals surface area contributed by atoms with E-state index in [0.717, 1.165) is 6.20 Å². The van der Waals surface area contributed by atoms with Gasteiger partial charge < -0.3 is 4.74 Å². The van der Waals surface area contributed by atoms with E-state index in [1.54, 1.807) is 0 Å². The first-order valence-corrected chi connectivity index (χ1v) is 5.94. The second kappa shape index (κ2) is 4.28. The summed E-state index contributed by atoms with van der Waals surface area (Å²) in [6.45, 7) is 0. The van der Waals surface area contributed by atoms with Crippen LogP contribution in [-0.2, 0) is 9.05 Å². The minimum absolute atomic E-state index is 0.186. The monoisotopic (exact) mass is 257 g/mol. The highest BCUT2D eigenvalue weighted by Gasteiger charge is 2.20. The molecule has 0 fully saturated rings. The molecule has 1 heterocycles. The van der Waals surface area contributed by atoms with E-state index >= 15 is 0 Å². The standard InChI is InChI=1S/C7H6ClF2NO3S/c1-14-5-3-11-6(15(8,12)13)2-4(5)7(9)10/h2-3,7H,1H3. The van der Waals surface area contributed by atoms with Gasteiger partial charge in [0, 0.05) is 10.7 Å². The minimum atomic E-state index is -4.11. The molecule has 0 spiro atoms. The molecule has 8 heteroatoms. The lowest BCUT2D eigenvalue weighted by atomic mass is 10.2. The first-order valence-electron chi connectivity index (χ1n) is 3.63. The number of halogens is 3. The average molecular weight is 258 g/mol. The Morgan fingerprint density at radius 1 is 1.53 bits per heavy atom. The molecule has 0 aromatic carbocycles. The van der Waals surface area contributed by atoms with Gasteiger partial charge in [-0.15, -0.1) is 0 Å². The van der Waals surface area contributed by atoms with Crippen LogP contribution in [0.4, 0.5) is 8.78 Å². The maximum atomic E-state index is 12.4. The number of ether oxygens (including phenoxy) is 1. The quantitative estimate of drug-likeness (QED) is 0.777. The summed E-state index contributed by atoms with van der Waals surface area (Å²) in [6, 6.07) is 0.686. The number of hydrogen-bond acceptors (Lipinski definition) is 4. The molecule has 84 valence electrons. The van der Waals surface area contributed by atoms with Crippen LogP contribution in [0.25, 0.3) is 0 Å². The Labute approximate surface area is 89.3 Å². The van der Waals surface area contributed by atoms with Gasteiger partial charge >= 0.3 is 0 Å². The molecule has 0 unspecified atom stereocenters. The molecule has 1 rings (SSSR count). The Bertz CT molecular complexity index is 463. The Morgan fingerprint density at radius 2 is 2.13 bits per heavy atom. The summed E-state index contributed by atoms with van der Waals surface area (Å²) in [6.07, 6.45) is -1.98. The second-order valence-corrected chi connectivity index (χ2v) is 5.02. The van der Waals surface area contributed by atoms with Crippen molar-refractivity contribution in [3.05, 3.63) is 17.8 Å². The van der Waals surface area contributed by atoms with Gasteiger partial charge in [0.1, 0.15) is 5.75 Å². The smallest absolute Gasteiger partial charge is 0.278 e. The van der Waals surface area contributed by atoms with Crippen molar-refractivity contribution in [2.75, 3.05) is 7.11 Å². The summed E-state index contributed by atoms with van der Waals surface area (Å²) in [5, 5.41) is -0.625. The van der Waals surface area contributed by atoms with Gasteiger partial charge in [-0.1, -0.05) is 0 Å². The molecule has 1 aromatic heterocycles. The van der Waals surface area contributed by atoms with Crippen molar-refractivity contribution < 1.29 is 21.9 Å². The third-order valence-electron chi connectivity index (χ3n) is 1.58. The molecule has 4 nitrogen and oxygen atoms in total. The Morgan fingerprint density at radius 3 is 2.53 bits per heavy atom. The second-order valence-electron chi connectivity index (χ2n) is 2.50. The highest BCUT2D eigenvalue weighted by Crippen LogP contribution is 2.30. The fourth-order valence-electron chi connectivity index (χ4n) is 0.913. The number of hydrogen-bond donors (Lipinski definition) is 0. The van der Waals surface area contributed by atoms with Crippen LogP contribution in [0.5, 0.6) is 5.75 Å². The third kappa shape index (κ3) is 2.75. The molecule has 0 saturated heterocycles. The highest BCUT2D eigenvalue weighted by molar-refractivity contribution is 8.13. The zero-order valence-electron chi connectivity index (χ0n) is 7.45. The Kier molecular flexibility index (Phi) is 3.46. The van der Waals surface area contributed by atoms with Crippen LogP contribution in [-0.4, -0.2) is 20.5 Å². The van der Waals surface area contributed by atoms with Crippen molar-refractivity contribution in [1.29, 1.82) is 0 Å². The van der Waals surface area contributed by atoms with E-state index in [1.807, 2.05) is 0 Å². The van der Waals surface area contributed by atoms with Crippen molar-refractivity contribution in [2.45, 2.75) is 11.5 Å². The maximum absolute atomic E-state index is 12.4. The van der Waals surface area contributed by atoms with E-state index in [4.69, 9.17) is 10.7 Å². The maximum Gasteiger partial charge on any atom is 0.278 e. The number of rotatable bonds is 3. The van der Waals surface area contributed by atoms with E-state index in [2.05, 4.69) is 9.72 Å². The topological polar surface area (TPSA) is 56.3 Å². The Hall–Kier alpha value is -0.950. The van der Waals surface area contributed by atoms with Crippen LogP contribution in [0.15, 0.2) is 17.3 Å². The van der Waals surface area contributed by atoms with Gasteiger partial charge in [-0.3, -0.25) is 0 Å². The summed E-state index contributed by atoms with van der Waals surface area (Å²) in [5.41, 5.74) is -0.563. The molecule has 0 aliphatic heterocycles. The molecule has 1 aromatic rings. The molecule has 0 aliphatic rings. The molecule has 0 radical (unpaired) electrons. The van der Waals surface area contributed by atoms with Crippen LogP contribution in [0, 0.1) is 0 Å². The summed E-state index contributed by atoms with van der Waals surface area (Å²) in [7, 11) is 2.02. The zero-order chi connectivity index (χ0) is 11.6. The summed E-state index contributed by atoms with van der Waals surface area (Å²) in [5.74, 6) is -0.186. The van der Waals surface area contributed by atoms with Crippen molar-refractivity contribution >= 4 is 19.7 Å². The number of alkyl halides is 2. The van der Waals surface area contributed by atoms with Crippen molar-refractivity contribution in [3.63, 3.8) is 0 Å². The van der Waals surface area contributed by atoms with Gasteiger partial charge in [-0.25, -0.2) is 22.2 Å². The van der Waals surface area contributed by atoms with Crippen LogP contribution in [0.2, 0.25) is 0 Å². The number of aromatic nitrogens is 1. The highest BCUT2D eigenvalue weighted by atomic mass is 35.7. The van der Waals surface area contributed by atoms with Crippen LogP contribution >= 0.6 is 10.7 Å². The van der Waals surface area contributed by atoms with Gasteiger partial charge in [0.2, 0.25) is 0 Å². The lowest BCUT2D eigenvalue weighted by molar-refractivity contribution is 0.146. The molecule has 15 heavy (non-hydrogen) atoms. The lowest BCUT2D eigenvalue weighted by Crippen LogP contribution is -2.00. The summed E-state index contributed by atoms with van der Waals surface area (Å²) in [4.78, 5) is 3.39. The predicted octanol–water partition coefficient (Wildman–Crippen LogP) is 1.96. The first-order chi connectivity index (χ1) is 6.86. The lowest BCUT2D eigenvalue weighted by Gasteiger charge is -2.07. The Balaban J connectivity index is 3.35. The third-order valence-corrected chi connectivity index (χ3v) is 2.77. The molecule has 0 amide bonds. The molecule has 0 bridgehead atoms. The van der Waals surface area contributed by atoms with Gasteiger partial charge in [0.05, 0.1) is 18.9 Å². The molecular weight excluding hydrogens is 252 g/mol. The van der Waals surface area contributed by atoms with E-state index in [-0.39, 0.29) is 5.75 Å². The van der Waals surface area contributed by atoms with Gasteiger partial charge in [-0.2, -0.15) is 0 Å². The average Bonchev–Trinajstić information content (AvgIpc) is 2.15. The normalized spacial score (nSPS) is 11.8. The van der Waals surface area contributed by atoms with E-state index in [1.165, 1.54) is 7.11 Å². The number of nitrogens with zero attached hydrogens (tertiary/aromatic N) is 1. The predicted molar refractivity (Wildman–Crippen MR) is 48.8 cm³/mol. The summed E-state index contributed by atoms with van der Waals surface area (Å²) < 4.78 is 51.1. The van der Waals surface area contributed by atoms with E-state index in [9.17, 15) is 17.2 Å². The van der Waals surface area contributed by atoms with Crippen LogP contribution in [0.3, 0.4) is 0 Å². The number of pyridine rings is 1. The van der Waals surface area contributed by atoms with Crippen molar-refractivity contribution in [3.8, 4) is 5.75 Å². The molecular formula is C7H6ClF2NO3S. The molecule has 0 aliphatic carbocycles. The fraction of sp³-hybridized carbons (Fsp3) is 0.286. The van der Waals surface area contributed by atoms with E-state index in [0.29, 0.717) is 6.07 Å². The van der Waals surface area contributed by atoms with Crippen molar-refractivity contribution in [1.82, 2.24) is 4.98 Å². The molecule has 0 atom stereocenters. The number of methoxy groups -OCH3 is 1. The first kappa shape index (κ1) is 12.1. The van der Waals surface area contributed by atoms with Crippen LogP contribution in [0.1, 0.15) is 12.0 Å². The van der Waals surface area contributed by atoms with Crippen molar-refractivity contribution in [2.24, 2.45) is 0 Å². The van der Waals surface area contributed by atoms with E-state index < -0.39 is 26.1 Å². The van der Waals surface area contributed by atoms with Crippen LogP contribution < -0.4 is 4.74 Å². The largest absolute Gasteiger partial charge is 0.495 e. The van der Waals surface area contributed by atoms with Gasteiger partial charge in [0.25, 0.3) is 15.5 Å².